The van der Waals surface area contributed by atoms with Crippen LogP contribution >= 0.6 is 0 Å². The Morgan fingerprint density at radius 1 is 1.18 bits per heavy atom. The Balaban J connectivity index is 3.67. The quantitative estimate of drug-likeness (QED) is 0.409. The second kappa shape index (κ2) is 9.32. The first-order valence-corrected chi connectivity index (χ1v) is 6.99. The topological polar surface area (TPSA) is 3.24 Å². The molecule has 0 fully saturated rings. The summed E-state index contributed by atoms with van der Waals surface area (Å²) in [7, 11) is 2.13. The van der Waals surface area contributed by atoms with E-state index in [9.17, 15) is 0 Å². The zero-order chi connectivity index (χ0) is 13.3. The summed E-state index contributed by atoms with van der Waals surface area (Å²) in [4.78, 5) is 2.26. The lowest BCUT2D eigenvalue weighted by molar-refractivity contribution is 0.431. The molecule has 0 radical (unpaired) electrons. The Kier molecular flexibility index (Phi) is 8.93. The van der Waals surface area contributed by atoms with E-state index in [2.05, 4.69) is 58.4 Å². The first-order chi connectivity index (χ1) is 7.93. The van der Waals surface area contributed by atoms with E-state index in [1.54, 1.807) is 0 Å². The van der Waals surface area contributed by atoms with Gasteiger partial charge >= 0.3 is 0 Å². The maximum Gasteiger partial charge on any atom is 0.0353 e. The number of hydrogen-bond donors (Lipinski definition) is 0. The number of hydrogen-bond acceptors (Lipinski definition) is 1. The Bertz CT molecular complexity index is 226. The normalized spacial score (nSPS) is 11.7. The fourth-order valence-electron chi connectivity index (χ4n) is 1.69. The van der Waals surface area contributed by atoms with Crippen molar-refractivity contribution in [2.24, 2.45) is 11.8 Å². The zero-order valence-electron chi connectivity index (χ0n) is 12.5. The molecule has 1 nitrogen and oxygen atoms in total. The average molecular weight is 237 g/mol. The number of nitrogens with zero attached hydrogens (tertiary/aromatic N) is 1. The van der Waals surface area contributed by atoms with Crippen molar-refractivity contribution in [2.75, 3.05) is 13.6 Å². The van der Waals surface area contributed by atoms with Gasteiger partial charge < -0.3 is 4.90 Å². The van der Waals surface area contributed by atoms with Crippen LogP contribution in [0.5, 0.6) is 0 Å². The van der Waals surface area contributed by atoms with Crippen LogP contribution in [0.4, 0.5) is 0 Å². The van der Waals surface area contributed by atoms with Gasteiger partial charge in [-0.3, -0.25) is 0 Å². The number of unbranched alkanes of at least 4 members (excludes halogenated alkanes) is 1. The summed E-state index contributed by atoms with van der Waals surface area (Å²) in [5, 5.41) is 0. The molecule has 17 heavy (non-hydrogen) atoms. The molecule has 0 aromatic rings. The lowest BCUT2D eigenvalue weighted by Gasteiger charge is -2.20. The van der Waals surface area contributed by atoms with Crippen molar-refractivity contribution in [2.45, 2.75) is 53.4 Å². The maximum atomic E-state index is 4.16. The highest BCUT2D eigenvalue weighted by Crippen LogP contribution is 2.13. The molecule has 0 saturated heterocycles. The molecule has 0 rings (SSSR count). The second-order valence-electron chi connectivity index (χ2n) is 5.76. The molecule has 0 aliphatic carbocycles. The van der Waals surface area contributed by atoms with Crippen LogP contribution in [0.2, 0.25) is 0 Å². The van der Waals surface area contributed by atoms with E-state index in [0.717, 1.165) is 18.9 Å². The minimum atomic E-state index is 0.641. The summed E-state index contributed by atoms with van der Waals surface area (Å²) in [5.74, 6) is 1.47. The van der Waals surface area contributed by atoms with Crippen molar-refractivity contribution < 1.29 is 0 Å². The first-order valence-electron chi connectivity index (χ1n) is 6.99. The average Bonchev–Trinajstić information content (AvgIpc) is 2.23. The highest BCUT2D eigenvalue weighted by molar-refractivity contribution is 4.97. The molecular weight excluding hydrogens is 206 g/mol. The van der Waals surface area contributed by atoms with Gasteiger partial charge in [0.25, 0.3) is 0 Å². The summed E-state index contributed by atoms with van der Waals surface area (Å²) >= 11 is 0. The van der Waals surface area contributed by atoms with E-state index in [4.69, 9.17) is 0 Å². The van der Waals surface area contributed by atoms with E-state index in [1.807, 2.05) is 0 Å². The van der Waals surface area contributed by atoms with Crippen LogP contribution in [0.1, 0.15) is 53.4 Å². The SMILES string of the molecule is C=C(CCCCC(C)C)N(C)C/C=C/C(C)C. The van der Waals surface area contributed by atoms with E-state index in [-0.39, 0.29) is 0 Å². The second-order valence-corrected chi connectivity index (χ2v) is 5.76. The third kappa shape index (κ3) is 10.2. The Labute approximate surface area is 109 Å². The molecule has 0 heterocycles. The van der Waals surface area contributed by atoms with Gasteiger partial charge in [-0.2, -0.15) is 0 Å². The minimum absolute atomic E-state index is 0.641. The smallest absolute Gasteiger partial charge is 0.0353 e. The van der Waals surface area contributed by atoms with Gasteiger partial charge in [-0.05, 0) is 24.7 Å². The molecule has 0 saturated carbocycles. The van der Waals surface area contributed by atoms with Crippen molar-refractivity contribution >= 4 is 0 Å². The van der Waals surface area contributed by atoms with Crippen molar-refractivity contribution in [1.29, 1.82) is 0 Å². The van der Waals surface area contributed by atoms with Gasteiger partial charge in [0.2, 0.25) is 0 Å². The Morgan fingerprint density at radius 2 is 1.82 bits per heavy atom. The third-order valence-electron chi connectivity index (χ3n) is 2.94. The van der Waals surface area contributed by atoms with E-state index in [0.29, 0.717) is 5.92 Å². The van der Waals surface area contributed by atoms with Crippen molar-refractivity contribution in [3.63, 3.8) is 0 Å². The van der Waals surface area contributed by atoms with Crippen LogP contribution in [-0.2, 0) is 0 Å². The monoisotopic (exact) mass is 237 g/mol. The predicted octanol–water partition coefficient (Wildman–Crippen LogP) is 4.86. The molecular formula is C16H31N. The lowest BCUT2D eigenvalue weighted by Crippen LogP contribution is -2.17. The Hall–Kier alpha value is -0.720. The van der Waals surface area contributed by atoms with Crippen LogP contribution in [0.25, 0.3) is 0 Å². The molecule has 0 unspecified atom stereocenters. The Morgan fingerprint density at radius 3 is 2.35 bits per heavy atom. The van der Waals surface area contributed by atoms with Crippen LogP contribution in [0, 0.1) is 11.8 Å². The van der Waals surface area contributed by atoms with Crippen molar-refractivity contribution in [3.05, 3.63) is 24.4 Å². The van der Waals surface area contributed by atoms with Crippen molar-refractivity contribution in [1.82, 2.24) is 4.90 Å². The van der Waals surface area contributed by atoms with Gasteiger partial charge in [-0.1, -0.05) is 59.3 Å². The lowest BCUT2D eigenvalue weighted by atomic mass is 10.0. The van der Waals surface area contributed by atoms with E-state index < -0.39 is 0 Å². The third-order valence-corrected chi connectivity index (χ3v) is 2.94. The molecule has 0 N–H and O–H groups in total. The standard InChI is InChI=1S/C16H31N/c1-14(2)10-7-8-12-16(5)17(6)13-9-11-15(3)4/h9,11,14-15H,5,7-8,10,12-13H2,1-4,6H3/b11-9+. The van der Waals surface area contributed by atoms with Gasteiger partial charge in [0.05, 0.1) is 0 Å². The minimum Gasteiger partial charge on any atom is -0.375 e. The molecule has 100 valence electrons. The summed E-state index contributed by atoms with van der Waals surface area (Å²) in [6.45, 7) is 14.1. The fourth-order valence-corrected chi connectivity index (χ4v) is 1.69. The van der Waals surface area contributed by atoms with Gasteiger partial charge in [-0.15, -0.1) is 0 Å². The van der Waals surface area contributed by atoms with Crippen LogP contribution in [0.15, 0.2) is 24.4 Å². The first kappa shape index (κ1) is 16.3. The summed E-state index contributed by atoms with van der Waals surface area (Å²) in [6.07, 6.45) is 9.57. The fraction of sp³-hybridized carbons (Fsp3) is 0.750. The predicted molar refractivity (Wildman–Crippen MR) is 79.1 cm³/mol. The summed E-state index contributed by atoms with van der Waals surface area (Å²) < 4.78 is 0. The largest absolute Gasteiger partial charge is 0.375 e. The van der Waals surface area contributed by atoms with Crippen molar-refractivity contribution in [3.8, 4) is 0 Å². The molecule has 1 heteroatoms. The van der Waals surface area contributed by atoms with Gasteiger partial charge in [0, 0.05) is 19.3 Å². The van der Waals surface area contributed by atoms with Crippen LogP contribution in [-0.4, -0.2) is 18.5 Å². The van der Waals surface area contributed by atoms with Crippen LogP contribution in [0.3, 0.4) is 0 Å². The number of rotatable bonds is 9. The van der Waals surface area contributed by atoms with E-state index >= 15 is 0 Å². The number of likely N-dealkylation sites (N-methyl/N-ethyl adjacent to an activating group) is 1. The zero-order valence-corrected chi connectivity index (χ0v) is 12.5. The molecule has 0 aromatic heterocycles. The molecule has 0 bridgehead atoms. The van der Waals surface area contributed by atoms with Crippen LogP contribution < -0.4 is 0 Å². The van der Waals surface area contributed by atoms with Gasteiger partial charge in [-0.25, -0.2) is 0 Å². The summed E-state index contributed by atoms with van der Waals surface area (Å²) in [6, 6.07) is 0. The molecule has 0 atom stereocenters. The van der Waals surface area contributed by atoms with Gasteiger partial charge in [0.1, 0.15) is 0 Å². The summed E-state index contributed by atoms with van der Waals surface area (Å²) in [5.41, 5.74) is 1.27. The molecule has 0 spiro atoms. The highest BCUT2D eigenvalue weighted by Gasteiger charge is 2.01. The number of allylic oxidation sites excluding steroid dienone is 2. The molecule has 0 aliphatic rings. The molecule has 0 aliphatic heterocycles. The highest BCUT2D eigenvalue weighted by atomic mass is 15.1. The maximum absolute atomic E-state index is 4.16. The van der Waals surface area contributed by atoms with Gasteiger partial charge in [0.15, 0.2) is 0 Å². The van der Waals surface area contributed by atoms with E-state index in [1.165, 1.54) is 25.0 Å². The molecule has 0 amide bonds. The molecule has 0 aromatic carbocycles.